The number of benzene rings is 1. The quantitative estimate of drug-likeness (QED) is 0.784. The highest BCUT2D eigenvalue weighted by molar-refractivity contribution is 7.09. The molecule has 27 heavy (non-hydrogen) atoms. The van der Waals surface area contributed by atoms with Crippen LogP contribution < -0.4 is 10.2 Å². The molecule has 3 rings (SSSR count). The van der Waals surface area contributed by atoms with Gasteiger partial charge in [0, 0.05) is 37.6 Å². The highest BCUT2D eigenvalue weighted by atomic mass is 32.1. The number of hydrogen-bond donors (Lipinski definition) is 1. The zero-order chi connectivity index (χ0) is 19.2. The van der Waals surface area contributed by atoms with Crippen LogP contribution in [0.2, 0.25) is 0 Å². The average Bonchev–Trinajstić information content (AvgIpc) is 3.12. The minimum Gasteiger partial charge on any atom is -0.356 e. The largest absolute Gasteiger partial charge is 0.356 e. The summed E-state index contributed by atoms with van der Waals surface area (Å²) in [6.07, 6.45) is 3.50. The van der Waals surface area contributed by atoms with Gasteiger partial charge in [0.25, 0.3) is 0 Å². The lowest BCUT2D eigenvalue weighted by atomic mass is 9.97. The number of aromatic nitrogens is 2. The first-order chi connectivity index (χ1) is 13.0. The number of nitrogens with one attached hydrogen (secondary N) is 1. The fraction of sp³-hybridized carbons (Fsp3) is 0.550. The molecular formula is C20H27FN4OS. The van der Waals surface area contributed by atoms with E-state index in [1.807, 2.05) is 0 Å². The molecule has 7 heteroatoms. The monoisotopic (exact) mass is 390 g/mol. The summed E-state index contributed by atoms with van der Waals surface area (Å²) in [5.74, 6) is 1.25. The molecule has 0 aliphatic carbocycles. The SMILES string of the molecule is CC(C)CCNC(=O)C1CCCN(c2nc(Cc3ccc(F)cc3)ns2)C1. The fourth-order valence-corrected chi connectivity index (χ4v) is 3.94. The minimum atomic E-state index is -0.239. The topological polar surface area (TPSA) is 58.1 Å². The molecule has 2 heterocycles. The van der Waals surface area contributed by atoms with Gasteiger partial charge in [-0.2, -0.15) is 4.37 Å². The van der Waals surface area contributed by atoms with Crippen molar-refractivity contribution >= 4 is 22.6 Å². The van der Waals surface area contributed by atoms with Gasteiger partial charge in [0.1, 0.15) is 11.6 Å². The molecule has 146 valence electrons. The number of halogens is 1. The molecule has 1 amide bonds. The summed E-state index contributed by atoms with van der Waals surface area (Å²) in [4.78, 5) is 19.2. The van der Waals surface area contributed by atoms with Gasteiger partial charge < -0.3 is 10.2 Å². The second kappa shape index (κ2) is 9.26. The Bertz CT molecular complexity index is 747. The second-order valence-corrected chi connectivity index (χ2v) is 8.29. The van der Waals surface area contributed by atoms with Crippen LogP contribution in [0.3, 0.4) is 0 Å². The number of nitrogens with zero attached hydrogens (tertiary/aromatic N) is 3. The van der Waals surface area contributed by atoms with Gasteiger partial charge in [0.05, 0.1) is 5.92 Å². The molecule has 1 fully saturated rings. The Kier molecular flexibility index (Phi) is 6.77. The van der Waals surface area contributed by atoms with Gasteiger partial charge in [-0.3, -0.25) is 4.79 Å². The zero-order valence-electron chi connectivity index (χ0n) is 15.9. The fourth-order valence-electron chi connectivity index (χ4n) is 3.22. The normalized spacial score (nSPS) is 17.3. The van der Waals surface area contributed by atoms with E-state index < -0.39 is 0 Å². The second-order valence-electron chi connectivity index (χ2n) is 7.56. The van der Waals surface area contributed by atoms with E-state index in [2.05, 4.69) is 33.4 Å². The molecular weight excluding hydrogens is 363 g/mol. The maximum Gasteiger partial charge on any atom is 0.224 e. The molecule has 1 N–H and O–H groups in total. The Labute approximate surface area is 164 Å². The van der Waals surface area contributed by atoms with Crippen molar-refractivity contribution in [3.8, 4) is 0 Å². The molecule has 0 saturated carbocycles. The minimum absolute atomic E-state index is 0.00959. The van der Waals surface area contributed by atoms with Crippen LogP contribution in [0.5, 0.6) is 0 Å². The van der Waals surface area contributed by atoms with Gasteiger partial charge >= 0.3 is 0 Å². The summed E-state index contributed by atoms with van der Waals surface area (Å²) >= 11 is 1.37. The number of amides is 1. The third-order valence-electron chi connectivity index (χ3n) is 4.82. The molecule has 1 aliphatic rings. The standard InChI is InChI=1S/C20H27FN4OS/c1-14(2)9-10-22-19(26)16-4-3-11-25(13-16)20-23-18(24-27-20)12-15-5-7-17(21)8-6-15/h5-8,14,16H,3-4,9-13H2,1-2H3,(H,22,26). The number of piperidine rings is 1. The van der Waals surface area contributed by atoms with Crippen molar-refractivity contribution in [1.29, 1.82) is 0 Å². The zero-order valence-corrected chi connectivity index (χ0v) is 16.8. The molecule has 1 unspecified atom stereocenters. The molecule has 1 saturated heterocycles. The number of anilines is 1. The van der Waals surface area contributed by atoms with E-state index in [0.29, 0.717) is 18.9 Å². The Morgan fingerprint density at radius 2 is 2.15 bits per heavy atom. The van der Waals surface area contributed by atoms with E-state index in [-0.39, 0.29) is 17.6 Å². The van der Waals surface area contributed by atoms with E-state index in [1.165, 1.54) is 23.7 Å². The third-order valence-corrected chi connectivity index (χ3v) is 5.63. The first-order valence-electron chi connectivity index (χ1n) is 9.61. The molecule has 1 atom stereocenters. The summed E-state index contributed by atoms with van der Waals surface area (Å²) in [6, 6.07) is 6.43. The number of hydrogen-bond acceptors (Lipinski definition) is 5. The molecule has 0 radical (unpaired) electrons. The van der Waals surface area contributed by atoms with E-state index in [4.69, 9.17) is 0 Å². The number of rotatable bonds is 7. The molecule has 1 aromatic carbocycles. The molecule has 0 bridgehead atoms. The van der Waals surface area contributed by atoms with Crippen LogP contribution >= 0.6 is 11.5 Å². The van der Waals surface area contributed by atoms with Gasteiger partial charge in [0.2, 0.25) is 11.0 Å². The Morgan fingerprint density at radius 3 is 2.89 bits per heavy atom. The first-order valence-corrected chi connectivity index (χ1v) is 10.4. The summed E-state index contributed by atoms with van der Waals surface area (Å²) in [5.41, 5.74) is 0.988. The van der Waals surface area contributed by atoms with Crippen molar-refractivity contribution in [2.45, 2.75) is 39.5 Å². The lowest BCUT2D eigenvalue weighted by Crippen LogP contribution is -2.43. The van der Waals surface area contributed by atoms with E-state index >= 15 is 0 Å². The Morgan fingerprint density at radius 1 is 1.37 bits per heavy atom. The Balaban J connectivity index is 1.55. The van der Waals surface area contributed by atoms with E-state index in [0.717, 1.165) is 48.9 Å². The van der Waals surface area contributed by atoms with Crippen LogP contribution in [-0.4, -0.2) is 34.9 Å². The summed E-state index contributed by atoms with van der Waals surface area (Å²) < 4.78 is 17.5. The van der Waals surface area contributed by atoms with Crippen molar-refractivity contribution in [3.63, 3.8) is 0 Å². The van der Waals surface area contributed by atoms with E-state index in [9.17, 15) is 9.18 Å². The third kappa shape index (κ3) is 5.73. The molecule has 5 nitrogen and oxygen atoms in total. The predicted octanol–water partition coefficient (Wildman–Crippen LogP) is 3.65. The van der Waals surface area contributed by atoms with Crippen LogP contribution in [0.1, 0.15) is 44.5 Å². The van der Waals surface area contributed by atoms with E-state index in [1.54, 1.807) is 12.1 Å². The molecule has 1 aliphatic heterocycles. The van der Waals surface area contributed by atoms with Crippen LogP contribution in [0.4, 0.5) is 9.52 Å². The van der Waals surface area contributed by atoms with Gasteiger partial charge in [-0.1, -0.05) is 26.0 Å². The van der Waals surface area contributed by atoms with Crippen molar-refractivity contribution in [2.24, 2.45) is 11.8 Å². The van der Waals surface area contributed by atoms with Gasteiger partial charge in [-0.05, 0) is 42.9 Å². The van der Waals surface area contributed by atoms with Gasteiger partial charge in [0.15, 0.2) is 0 Å². The Hall–Kier alpha value is -2.02. The van der Waals surface area contributed by atoms with Gasteiger partial charge in [-0.15, -0.1) is 0 Å². The van der Waals surface area contributed by atoms with Crippen LogP contribution in [0.25, 0.3) is 0 Å². The van der Waals surface area contributed by atoms with Crippen molar-refractivity contribution in [3.05, 3.63) is 41.5 Å². The lowest BCUT2D eigenvalue weighted by Gasteiger charge is -2.31. The average molecular weight is 391 g/mol. The van der Waals surface area contributed by atoms with Crippen molar-refractivity contribution in [1.82, 2.24) is 14.7 Å². The first kappa shape index (κ1) is 19.7. The number of carbonyl (C=O) groups is 1. The van der Waals surface area contributed by atoms with Crippen molar-refractivity contribution < 1.29 is 9.18 Å². The summed E-state index contributed by atoms with van der Waals surface area (Å²) in [7, 11) is 0. The van der Waals surface area contributed by atoms with Crippen molar-refractivity contribution in [2.75, 3.05) is 24.5 Å². The van der Waals surface area contributed by atoms with Crippen LogP contribution in [0, 0.1) is 17.7 Å². The highest BCUT2D eigenvalue weighted by Gasteiger charge is 2.27. The maximum absolute atomic E-state index is 13.0. The van der Waals surface area contributed by atoms with Crippen LogP contribution in [-0.2, 0) is 11.2 Å². The van der Waals surface area contributed by atoms with Crippen LogP contribution in [0.15, 0.2) is 24.3 Å². The summed E-state index contributed by atoms with van der Waals surface area (Å²) in [5, 5.41) is 3.94. The molecule has 0 spiro atoms. The smallest absolute Gasteiger partial charge is 0.224 e. The van der Waals surface area contributed by atoms with Gasteiger partial charge in [-0.25, -0.2) is 9.37 Å². The number of carbonyl (C=O) groups excluding carboxylic acids is 1. The summed E-state index contributed by atoms with van der Waals surface area (Å²) in [6.45, 7) is 6.66. The predicted molar refractivity (Wildman–Crippen MR) is 107 cm³/mol. The molecule has 2 aromatic rings. The lowest BCUT2D eigenvalue weighted by molar-refractivity contribution is -0.125. The highest BCUT2D eigenvalue weighted by Crippen LogP contribution is 2.25. The molecule has 1 aromatic heterocycles. The maximum atomic E-state index is 13.0.